The number of benzene rings is 1. The molecule has 0 aliphatic rings. The van der Waals surface area contributed by atoms with Gasteiger partial charge in [-0.15, -0.1) is 0 Å². The summed E-state index contributed by atoms with van der Waals surface area (Å²) in [5, 5.41) is 10.5. The van der Waals surface area contributed by atoms with Gasteiger partial charge in [-0.3, -0.25) is 0 Å². The predicted octanol–water partition coefficient (Wildman–Crippen LogP) is 0.734. The third-order valence-corrected chi connectivity index (χ3v) is 2.67. The quantitative estimate of drug-likeness (QED) is 0.422. The van der Waals surface area contributed by atoms with Crippen LogP contribution in [-0.2, 0) is 0 Å². The minimum atomic E-state index is -0.861. The zero-order valence-electron chi connectivity index (χ0n) is 6.10. The topological polar surface area (TPSA) is 68.9 Å². The van der Waals surface area contributed by atoms with Crippen molar-refractivity contribution in [2.24, 2.45) is 0 Å². The minimum absolute atomic E-state index is 0.0741. The van der Waals surface area contributed by atoms with Crippen LogP contribution in [0.4, 0.5) is 10.1 Å². The molecule has 0 bridgehead atoms. The van der Waals surface area contributed by atoms with Crippen molar-refractivity contribution >= 4 is 31.7 Å². The number of nitrogens with zero attached hydrogens (tertiary/aromatic N) is 3. The number of nitro groups is 1. The molecule has 13 heavy (non-hydrogen) atoms. The molecule has 0 saturated heterocycles. The van der Waals surface area contributed by atoms with Gasteiger partial charge in [-0.1, -0.05) is 0 Å². The van der Waals surface area contributed by atoms with Crippen LogP contribution in [0.1, 0.15) is 0 Å². The second-order valence-corrected chi connectivity index (χ2v) is 3.39. The molecule has 0 aliphatic heterocycles. The number of rotatable bonds is 1. The number of nitro benzene ring substituents is 1. The van der Waals surface area contributed by atoms with Crippen molar-refractivity contribution < 1.29 is 9.31 Å². The molecule has 0 fully saturated rings. The Morgan fingerprint density at radius 1 is 1.46 bits per heavy atom. The molecule has 7 heteroatoms. The monoisotopic (exact) mass is 247 g/mol. The Labute approximate surface area is 77.6 Å². The Hall–Kier alpha value is -1.33. The van der Waals surface area contributed by atoms with E-state index in [0.29, 0.717) is 5.52 Å². The zero-order valence-corrected chi connectivity index (χ0v) is 7.81. The maximum atomic E-state index is 13.0. The molecule has 5 nitrogen and oxygen atoms in total. The summed E-state index contributed by atoms with van der Waals surface area (Å²) in [7, 11) is 0. The Morgan fingerprint density at radius 3 is 2.92 bits per heavy atom. The Kier molecular flexibility index (Phi) is 1.82. The Morgan fingerprint density at radius 2 is 2.23 bits per heavy atom. The maximum absolute atomic E-state index is 13.0. The number of fused-ring (bicyclic) bond motifs is 1. The van der Waals surface area contributed by atoms with E-state index >= 15 is 0 Å². The fourth-order valence-electron chi connectivity index (χ4n) is 0.987. The Bertz CT molecular complexity index is 484. The van der Waals surface area contributed by atoms with Crippen molar-refractivity contribution in [3.05, 3.63) is 28.1 Å². The van der Waals surface area contributed by atoms with Crippen molar-refractivity contribution in [3.8, 4) is 0 Å². The summed E-state index contributed by atoms with van der Waals surface area (Å²) in [6.45, 7) is 0. The van der Waals surface area contributed by atoms with Gasteiger partial charge in [0.05, 0.1) is 0 Å². The zero-order chi connectivity index (χ0) is 9.42. The van der Waals surface area contributed by atoms with Crippen LogP contribution >= 0.6 is 0 Å². The van der Waals surface area contributed by atoms with E-state index in [-0.39, 0.29) is 20.5 Å². The molecule has 0 unspecified atom stereocenters. The van der Waals surface area contributed by atoms with Gasteiger partial charge < -0.3 is 0 Å². The average Bonchev–Trinajstić information content (AvgIpc) is 2.50. The van der Waals surface area contributed by atoms with Gasteiger partial charge in [0.15, 0.2) is 0 Å². The number of aromatic nitrogens is 2. The van der Waals surface area contributed by atoms with Gasteiger partial charge in [-0.2, -0.15) is 0 Å². The molecule has 1 aromatic carbocycles. The molecular formula is C6H2FN3O2Se. The van der Waals surface area contributed by atoms with E-state index in [2.05, 4.69) is 7.96 Å². The molecule has 1 aromatic heterocycles. The molecule has 0 aliphatic carbocycles. The van der Waals surface area contributed by atoms with Crippen molar-refractivity contribution in [3.63, 3.8) is 0 Å². The van der Waals surface area contributed by atoms with Crippen LogP contribution in [0.15, 0.2) is 12.1 Å². The van der Waals surface area contributed by atoms with Crippen molar-refractivity contribution in [2.45, 2.75) is 0 Å². The first-order chi connectivity index (χ1) is 6.20. The fraction of sp³-hybridized carbons (Fsp3) is 0. The van der Waals surface area contributed by atoms with E-state index in [1.165, 1.54) is 6.07 Å². The summed E-state index contributed by atoms with van der Waals surface area (Å²) in [5.74, 6) is -0.861. The Balaban J connectivity index is 2.88. The molecule has 2 rings (SSSR count). The van der Waals surface area contributed by atoms with Crippen LogP contribution in [0.5, 0.6) is 0 Å². The van der Waals surface area contributed by atoms with Crippen LogP contribution in [0.25, 0.3) is 11.0 Å². The van der Waals surface area contributed by atoms with Gasteiger partial charge >= 0.3 is 77.0 Å². The molecule has 0 saturated carbocycles. The van der Waals surface area contributed by atoms with Crippen LogP contribution in [0, 0.1) is 15.9 Å². The van der Waals surface area contributed by atoms with Crippen molar-refractivity contribution in [2.75, 3.05) is 0 Å². The number of halogens is 1. The SMILES string of the molecule is O=[N+]([O-])c1c(F)ccc2n[se]nc12. The molecule has 0 amide bonds. The third kappa shape index (κ3) is 1.22. The standard InChI is InChI=1S/C6H2FN3O2Se/c7-3-1-2-4-5(9-13-8-4)6(3)10(11)12/h1-2H. The van der Waals surface area contributed by atoms with Crippen LogP contribution in [0.3, 0.4) is 0 Å². The van der Waals surface area contributed by atoms with Crippen LogP contribution in [0.2, 0.25) is 0 Å². The van der Waals surface area contributed by atoms with Gasteiger partial charge in [0.1, 0.15) is 0 Å². The van der Waals surface area contributed by atoms with Gasteiger partial charge in [0.25, 0.3) is 0 Å². The average molecular weight is 246 g/mol. The first-order valence-corrected chi connectivity index (χ1v) is 4.78. The van der Waals surface area contributed by atoms with Crippen LogP contribution in [-0.4, -0.2) is 27.8 Å². The predicted molar refractivity (Wildman–Crippen MR) is 43.1 cm³/mol. The molecule has 0 radical (unpaired) electrons. The normalized spacial score (nSPS) is 10.5. The second-order valence-electron chi connectivity index (χ2n) is 2.29. The summed E-state index contributed by atoms with van der Waals surface area (Å²) in [4.78, 5) is 9.68. The summed E-state index contributed by atoms with van der Waals surface area (Å²) < 4.78 is 20.7. The number of hydrogen-bond acceptors (Lipinski definition) is 4. The summed E-state index contributed by atoms with van der Waals surface area (Å²) >= 11 is -0.374. The van der Waals surface area contributed by atoms with Gasteiger partial charge in [-0.25, -0.2) is 0 Å². The van der Waals surface area contributed by atoms with Gasteiger partial charge in [0.2, 0.25) is 0 Å². The molecule has 0 N–H and O–H groups in total. The first-order valence-electron chi connectivity index (χ1n) is 3.25. The molecule has 0 atom stereocenters. The molecule has 66 valence electrons. The van der Waals surface area contributed by atoms with Crippen molar-refractivity contribution in [1.82, 2.24) is 7.96 Å². The van der Waals surface area contributed by atoms with E-state index in [0.717, 1.165) is 6.07 Å². The summed E-state index contributed by atoms with van der Waals surface area (Å²) in [6.07, 6.45) is 0. The molecule has 0 spiro atoms. The number of hydrogen-bond donors (Lipinski definition) is 0. The van der Waals surface area contributed by atoms with E-state index in [1.807, 2.05) is 0 Å². The van der Waals surface area contributed by atoms with Gasteiger partial charge in [-0.05, 0) is 0 Å². The fourth-order valence-corrected chi connectivity index (χ4v) is 2.12. The van der Waals surface area contributed by atoms with Crippen molar-refractivity contribution in [1.29, 1.82) is 0 Å². The van der Waals surface area contributed by atoms with Gasteiger partial charge in [0, 0.05) is 0 Å². The molecular weight excluding hydrogens is 244 g/mol. The summed E-state index contributed by atoms with van der Waals surface area (Å²) in [5.41, 5.74) is -0.0845. The van der Waals surface area contributed by atoms with E-state index in [4.69, 9.17) is 0 Å². The first kappa shape index (κ1) is 8.28. The third-order valence-electron chi connectivity index (χ3n) is 1.53. The molecule has 2 aromatic rings. The molecule has 1 heterocycles. The van der Waals surface area contributed by atoms with E-state index < -0.39 is 16.4 Å². The van der Waals surface area contributed by atoms with E-state index in [9.17, 15) is 14.5 Å². The van der Waals surface area contributed by atoms with E-state index in [1.54, 1.807) is 0 Å². The van der Waals surface area contributed by atoms with Crippen LogP contribution < -0.4 is 0 Å². The summed E-state index contributed by atoms with van der Waals surface area (Å²) in [6, 6.07) is 2.44. The second kappa shape index (κ2) is 2.86.